The van der Waals surface area contributed by atoms with Crippen LogP contribution < -0.4 is 0 Å². The van der Waals surface area contributed by atoms with Crippen LogP contribution in [0, 0.1) is 40.4 Å². The van der Waals surface area contributed by atoms with Crippen molar-refractivity contribution in [3.8, 4) is 0 Å². The molecular formula is C26H37NO. The predicted octanol–water partition coefficient (Wildman–Crippen LogP) is 6.11. The van der Waals surface area contributed by atoms with Gasteiger partial charge < -0.3 is 5.11 Å². The van der Waals surface area contributed by atoms with Crippen LogP contribution in [-0.2, 0) is 0 Å². The fourth-order valence-electron chi connectivity index (χ4n) is 8.41. The zero-order chi connectivity index (χ0) is 19.7. The van der Waals surface area contributed by atoms with Gasteiger partial charge in [-0.15, -0.1) is 0 Å². The van der Waals surface area contributed by atoms with Gasteiger partial charge >= 0.3 is 0 Å². The van der Waals surface area contributed by atoms with Crippen LogP contribution in [0.15, 0.2) is 30.6 Å². The molecule has 3 saturated carbocycles. The van der Waals surface area contributed by atoms with Crippen molar-refractivity contribution in [2.75, 3.05) is 0 Å². The van der Waals surface area contributed by atoms with Crippen LogP contribution in [0.3, 0.4) is 0 Å². The summed E-state index contributed by atoms with van der Waals surface area (Å²) in [6, 6.07) is 4.34. The van der Waals surface area contributed by atoms with E-state index in [1.807, 2.05) is 6.20 Å². The lowest BCUT2D eigenvalue weighted by Crippen LogP contribution is -2.57. The molecule has 152 valence electrons. The molecule has 4 aliphatic rings. The minimum atomic E-state index is -0.448. The average molecular weight is 380 g/mol. The smallest absolute Gasteiger partial charge is 0.0623 e. The molecule has 4 aliphatic carbocycles. The van der Waals surface area contributed by atoms with Crippen LogP contribution in [0.2, 0.25) is 0 Å². The second-order valence-electron chi connectivity index (χ2n) is 11.5. The molecule has 0 saturated heterocycles. The molecule has 1 heterocycles. The van der Waals surface area contributed by atoms with Gasteiger partial charge in [-0.1, -0.05) is 32.9 Å². The molecule has 2 nitrogen and oxygen atoms in total. The van der Waals surface area contributed by atoms with Crippen LogP contribution in [0.5, 0.6) is 0 Å². The quantitative estimate of drug-likeness (QED) is 0.638. The Hall–Kier alpha value is -1.15. The van der Waals surface area contributed by atoms with Crippen LogP contribution in [0.25, 0.3) is 5.57 Å². The number of rotatable bonds is 1. The van der Waals surface area contributed by atoms with E-state index >= 15 is 0 Å². The fourth-order valence-corrected chi connectivity index (χ4v) is 8.41. The molecule has 28 heavy (non-hydrogen) atoms. The second kappa shape index (κ2) is 6.17. The number of hydrogen-bond donors (Lipinski definition) is 1. The third kappa shape index (κ3) is 2.59. The van der Waals surface area contributed by atoms with Gasteiger partial charge in [0.1, 0.15) is 0 Å². The Morgan fingerprint density at radius 3 is 2.64 bits per heavy atom. The molecule has 0 amide bonds. The Bertz CT molecular complexity index is 783. The lowest BCUT2D eigenvalue weighted by Gasteiger charge is -2.63. The monoisotopic (exact) mass is 379 g/mol. The van der Waals surface area contributed by atoms with E-state index in [0.29, 0.717) is 16.7 Å². The summed E-state index contributed by atoms with van der Waals surface area (Å²) in [6.07, 6.45) is 15.0. The van der Waals surface area contributed by atoms with E-state index in [9.17, 15) is 5.11 Å². The number of fused-ring (bicyclic) bond motifs is 5. The third-order valence-electron chi connectivity index (χ3n) is 9.88. The highest BCUT2D eigenvalue weighted by atomic mass is 16.3. The first kappa shape index (κ1) is 18.9. The molecule has 5 unspecified atom stereocenters. The van der Waals surface area contributed by atoms with Crippen molar-refractivity contribution in [1.82, 2.24) is 4.98 Å². The lowest BCUT2D eigenvalue weighted by atomic mass is 9.42. The predicted molar refractivity (Wildman–Crippen MR) is 114 cm³/mol. The topological polar surface area (TPSA) is 33.1 Å². The van der Waals surface area contributed by atoms with E-state index < -0.39 is 5.60 Å². The maximum Gasteiger partial charge on any atom is 0.0623 e. The Labute approximate surface area is 170 Å². The third-order valence-corrected chi connectivity index (χ3v) is 9.88. The molecule has 8 atom stereocenters. The van der Waals surface area contributed by atoms with Crippen LogP contribution >= 0.6 is 0 Å². The highest BCUT2D eigenvalue weighted by Crippen LogP contribution is 2.68. The van der Waals surface area contributed by atoms with E-state index in [-0.39, 0.29) is 0 Å². The minimum absolute atomic E-state index is 0.313. The van der Waals surface area contributed by atoms with Gasteiger partial charge in [-0.3, -0.25) is 4.98 Å². The number of nitrogens with zero attached hydrogens (tertiary/aromatic N) is 1. The van der Waals surface area contributed by atoms with Crippen molar-refractivity contribution >= 4 is 5.57 Å². The van der Waals surface area contributed by atoms with Crippen molar-refractivity contribution in [3.05, 3.63) is 36.2 Å². The molecule has 3 fully saturated rings. The molecule has 2 heteroatoms. The van der Waals surface area contributed by atoms with Gasteiger partial charge in [0.15, 0.2) is 0 Å². The molecule has 5 rings (SSSR count). The molecule has 0 aliphatic heterocycles. The first-order chi connectivity index (χ1) is 13.2. The first-order valence-corrected chi connectivity index (χ1v) is 11.6. The molecule has 1 aromatic rings. The van der Waals surface area contributed by atoms with Gasteiger partial charge in [0, 0.05) is 12.4 Å². The maximum absolute atomic E-state index is 10.8. The van der Waals surface area contributed by atoms with E-state index in [1.165, 1.54) is 37.7 Å². The van der Waals surface area contributed by atoms with Gasteiger partial charge in [-0.2, -0.15) is 0 Å². The number of aromatic nitrogens is 1. The minimum Gasteiger partial charge on any atom is -0.390 e. The van der Waals surface area contributed by atoms with Gasteiger partial charge in [-0.05, 0) is 109 Å². The highest BCUT2D eigenvalue weighted by Gasteiger charge is 2.61. The first-order valence-electron chi connectivity index (χ1n) is 11.6. The van der Waals surface area contributed by atoms with Crippen LogP contribution in [0.4, 0.5) is 0 Å². The van der Waals surface area contributed by atoms with Crippen molar-refractivity contribution in [2.24, 2.45) is 40.4 Å². The number of aliphatic hydroxyl groups is 1. The van der Waals surface area contributed by atoms with Crippen molar-refractivity contribution in [1.29, 1.82) is 0 Å². The van der Waals surface area contributed by atoms with E-state index in [4.69, 9.17) is 0 Å². The summed E-state index contributed by atoms with van der Waals surface area (Å²) in [5.41, 5.74) is 3.19. The van der Waals surface area contributed by atoms with Gasteiger partial charge in [0.25, 0.3) is 0 Å². The van der Waals surface area contributed by atoms with Crippen molar-refractivity contribution in [3.63, 3.8) is 0 Å². The summed E-state index contributed by atoms with van der Waals surface area (Å²) >= 11 is 0. The summed E-state index contributed by atoms with van der Waals surface area (Å²) in [7, 11) is 0. The molecule has 1 aromatic heterocycles. The molecular weight excluding hydrogens is 342 g/mol. The Balaban J connectivity index is 1.46. The SMILES string of the molecule is CC1CC2C(CC[C@]3(C)C(c4cccnc4)=CCC23)[C@@]2(C)CC[C@](C)(O)CC12. The molecule has 0 bridgehead atoms. The van der Waals surface area contributed by atoms with Gasteiger partial charge in [0.2, 0.25) is 0 Å². The van der Waals surface area contributed by atoms with Crippen LogP contribution in [-0.4, -0.2) is 15.7 Å². The van der Waals surface area contributed by atoms with E-state index in [2.05, 4.69) is 57.1 Å². The zero-order valence-electron chi connectivity index (χ0n) is 18.1. The van der Waals surface area contributed by atoms with Crippen LogP contribution in [0.1, 0.15) is 78.2 Å². The van der Waals surface area contributed by atoms with E-state index in [0.717, 1.165) is 36.5 Å². The Morgan fingerprint density at radius 2 is 1.89 bits per heavy atom. The molecule has 1 N–H and O–H groups in total. The summed E-state index contributed by atoms with van der Waals surface area (Å²) in [4.78, 5) is 4.41. The molecule has 0 radical (unpaired) electrons. The van der Waals surface area contributed by atoms with Gasteiger partial charge in [-0.25, -0.2) is 0 Å². The maximum atomic E-state index is 10.8. The standard InChI is InChI=1S/C26H37NO/c1-17-14-19-21-8-7-20(18-6-5-13-27-16-18)25(21,3)10-9-22(19)26(4)12-11-24(2,28)15-23(17)26/h5-7,13,16-17,19,21-23,28H,8-12,14-15H2,1-4H3/t17?,19?,21?,22?,23?,24-,25+,26+/m0/s1. The van der Waals surface area contributed by atoms with Crippen molar-refractivity contribution in [2.45, 2.75) is 78.2 Å². The highest BCUT2D eigenvalue weighted by molar-refractivity contribution is 5.72. The summed E-state index contributed by atoms with van der Waals surface area (Å²) in [6.45, 7) is 9.69. The Kier molecular flexibility index (Phi) is 4.16. The second-order valence-corrected chi connectivity index (χ2v) is 11.5. The zero-order valence-corrected chi connectivity index (χ0v) is 18.1. The Morgan fingerprint density at radius 1 is 1.07 bits per heavy atom. The number of pyridine rings is 1. The van der Waals surface area contributed by atoms with Gasteiger partial charge in [0.05, 0.1) is 5.60 Å². The number of hydrogen-bond acceptors (Lipinski definition) is 2. The average Bonchev–Trinajstić information content (AvgIpc) is 3.01. The summed E-state index contributed by atoms with van der Waals surface area (Å²) in [5.74, 6) is 3.87. The summed E-state index contributed by atoms with van der Waals surface area (Å²) < 4.78 is 0. The number of allylic oxidation sites excluding steroid dienone is 2. The van der Waals surface area contributed by atoms with E-state index in [1.54, 1.807) is 5.57 Å². The summed E-state index contributed by atoms with van der Waals surface area (Å²) in [5, 5.41) is 10.8. The normalized spacial score (nSPS) is 50.3. The lowest BCUT2D eigenvalue weighted by molar-refractivity contribution is -0.158. The fraction of sp³-hybridized carbons (Fsp3) is 0.731. The largest absolute Gasteiger partial charge is 0.390 e. The van der Waals surface area contributed by atoms with Crippen molar-refractivity contribution < 1.29 is 5.11 Å². The molecule has 0 aromatic carbocycles. The molecule has 0 spiro atoms.